The highest BCUT2D eigenvalue weighted by molar-refractivity contribution is 6.03. The number of para-hydroxylation sites is 4. The van der Waals surface area contributed by atoms with Gasteiger partial charge in [-0.05, 0) is 105 Å². The molecule has 296 valence electrons. The van der Waals surface area contributed by atoms with Gasteiger partial charge in [-0.25, -0.2) is 0 Å². The maximum Gasteiger partial charge on any atom is 0.0727 e. The van der Waals surface area contributed by atoms with Crippen molar-refractivity contribution in [2.45, 2.75) is 5.41 Å². The Morgan fingerprint density at radius 3 is 1.25 bits per heavy atom. The lowest BCUT2D eigenvalue weighted by atomic mass is 9.70. The Hall–Kier alpha value is -8.20. The van der Waals surface area contributed by atoms with Gasteiger partial charge in [-0.15, -0.1) is 0 Å². The van der Waals surface area contributed by atoms with E-state index in [0.29, 0.717) is 0 Å². The molecule has 2 aliphatic carbocycles. The second-order valence-electron chi connectivity index (χ2n) is 16.4. The van der Waals surface area contributed by atoms with Gasteiger partial charge in [-0.1, -0.05) is 200 Å². The first-order valence-electron chi connectivity index (χ1n) is 21.8. The zero-order valence-electron chi connectivity index (χ0n) is 34.6. The van der Waals surface area contributed by atoms with E-state index in [1.807, 2.05) is 0 Å². The van der Waals surface area contributed by atoms with Crippen LogP contribution in [-0.4, -0.2) is 0 Å². The second-order valence-corrected chi connectivity index (χ2v) is 16.4. The Bertz CT molecular complexity index is 3280. The van der Waals surface area contributed by atoms with Gasteiger partial charge in [-0.2, -0.15) is 0 Å². The monoisotopic (exact) mass is 802 g/mol. The predicted molar refractivity (Wildman–Crippen MR) is 263 cm³/mol. The minimum atomic E-state index is -0.577. The van der Waals surface area contributed by atoms with Crippen LogP contribution in [0.1, 0.15) is 22.3 Å². The van der Waals surface area contributed by atoms with E-state index < -0.39 is 5.41 Å². The molecule has 0 amide bonds. The molecule has 0 radical (unpaired) electrons. The molecule has 0 saturated carbocycles. The number of hydrogen-bond donors (Lipinski definition) is 0. The van der Waals surface area contributed by atoms with Crippen LogP contribution in [0, 0.1) is 0 Å². The van der Waals surface area contributed by atoms with Crippen molar-refractivity contribution in [3.8, 4) is 44.5 Å². The van der Waals surface area contributed by atoms with Crippen LogP contribution in [0.3, 0.4) is 0 Å². The Labute approximate surface area is 369 Å². The van der Waals surface area contributed by atoms with Crippen LogP contribution >= 0.6 is 0 Å². The van der Waals surface area contributed by atoms with Gasteiger partial charge in [0.1, 0.15) is 0 Å². The van der Waals surface area contributed by atoms with Gasteiger partial charge < -0.3 is 9.80 Å². The summed E-state index contributed by atoms with van der Waals surface area (Å²) in [4.78, 5) is 4.92. The molecule has 63 heavy (non-hydrogen) atoms. The van der Waals surface area contributed by atoms with E-state index in [4.69, 9.17) is 0 Å². The molecule has 0 saturated heterocycles. The Morgan fingerprint density at radius 1 is 0.238 bits per heavy atom. The molecule has 12 rings (SSSR count). The first-order valence-corrected chi connectivity index (χ1v) is 21.8. The van der Waals surface area contributed by atoms with Crippen molar-refractivity contribution >= 4 is 34.1 Å². The molecule has 10 aromatic carbocycles. The van der Waals surface area contributed by atoms with Crippen molar-refractivity contribution in [2.75, 3.05) is 9.80 Å². The molecule has 1 unspecified atom stereocenters. The average Bonchev–Trinajstić information content (AvgIpc) is 3.83. The van der Waals surface area contributed by atoms with Crippen molar-refractivity contribution in [1.82, 2.24) is 0 Å². The fourth-order valence-electron chi connectivity index (χ4n) is 10.5. The van der Waals surface area contributed by atoms with Crippen LogP contribution in [0.15, 0.2) is 255 Å². The van der Waals surface area contributed by atoms with Gasteiger partial charge in [0.2, 0.25) is 0 Å². The Balaban J connectivity index is 1.13. The quantitative estimate of drug-likeness (QED) is 0.151. The maximum absolute atomic E-state index is 2.49. The largest absolute Gasteiger partial charge is 0.310 e. The summed E-state index contributed by atoms with van der Waals surface area (Å²) in [6.07, 6.45) is 0. The van der Waals surface area contributed by atoms with Crippen LogP contribution in [0.25, 0.3) is 44.5 Å². The molecular formula is C61H42N2. The lowest BCUT2D eigenvalue weighted by Gasteiger charge is -2.33. The third-order valence-corrected chi connectivity index (χ3v) is 13.1. The highest BCUT2D eigenvalue weighted by Gasteiger charge is 2.52. The van der Waals surface area contributed by atoms with Crippen LogP contribution in [0.5, 0.6) is 0 Å². The molecule has 2 heteroatoms. The van der Waals surface area contributed by atoms with Crippen molar-refractivity contribution in [1.29, 1.82) is 0 Å². The molecular weight excluding hydrogens is 761 g/mol. The fraction of sp³-hybridized carbons (Fsp3) is 0.0164. The summed E-state index contributed by atoms with van der Waals surface area (Å²) < 4.78 is 0. The fourth-order valence-corrected chi connectivity index (χ4v) is 10.5. The number of fused-ring (bicyclic) bond motifs is 10. The summed E-state index contributed by atoms with van der Waals surface area (Å²) >= 11 is 0. The Kier molecular flexibility index (Phi) is 8.76. The van der Waals surface area contributed by atoms with Gasteiger partial charge >= 0.3 is 0 Å². The molecule has 0 aliphatic heterocycles. The topological polar surface area (TPSA) is 6.48 Å². The number of rotatable bonds is 8. The molecule has 1 atom stereocenters. The van der Waals surface area contributed by atoms with E-state index in [9.17, 15) is 0 Å². The summed E-state index contributed by atoms with van der Waals surface area (Å²) in [6, 6.07) is 93.2. The summed E-state index contributed by atoms with van der Waals surface area (Å²) in [5.41, 5.74) is 21.1. The van der Waals surface area contributed by atoms with Crippen LogP contribution in [-0.2, 0) is 5.41 Å². The zero-order chi connectivity index (χ0) is 41.7. The van der Waals surface area contributed by atoms with Crippen molar-refractivity contribution in [3.63, 3.8) is 0 Å². The minimum Gasteiger partial charge on any atom is -0.310 e. The first kappa shape index (κ1) is 36.6. The molecule has 0 N–H and O–H groups in total. The third-order valence-electron chi connectivity index (χ3n) is 13.1. The van der Waals surface area contributed by atoms with E-state index in [1.165, 1.54) is 66.8 Å². The SMILES string of the molecule is c1ccc(-c2ccccc2N(c2ccccc2)c2ccc3c(c2)C2(c4ccccc4-3)c3ccccc3-c3c(N(c4ccccc4)c4ccccc4-c4ccccc4)cccc32)cc1. The molecule has 1 spiro atoms. The average molecular weight is 803 g/mol. The van der Waals surface area contributed by atoms with Gasteiger partial charge in [-0.3, -0.25) is 0 Å². The smallest absolute Gasteiger partial charge is 0.0727 e. The van der Waals surface area contributed by atoms with E-state index >= 15 is 0 Å². The predicted octanol–water partition coefficient (Wildman–Crippen LogP) is 16.3. The van der Waals surface area contributed by atoms with Crippen LogP contribution < -0.4 is 9.80 Å². The van der Waals surface area contributed by atoms with Crippen LogP contribution in [0.2, 0.25) is 0 Å². The second kappa shape index (κ2) is 15.1. The van der Waals surface area contributed by atoms with E-state index in [2.05, 4.69) is 265 Å². The lowest BCUT2D eigenvalue weighted by molar-refractivity contribution is 0.793. The normalized spacial score (nSPS) is 14.1. The standard InChI is InChI=1S/C61H42N2/c1-5-22-43(23-6-1)48-30-15-19-37-57(48)62(45-26-9-3-10-27-45)47-40-41-51-50-32-13-17-34-53(50)61(56(51)42-47)54-35-18-14-33-52(54)60-55(61)36-21-39-59(60)63(46-28-11-4-12-29-46)58-38-20-16-31-49(58)44-24-7-2-8-25-44/h1-42H. The molecule has 0 fully saturated rings. The van der Waals surface area contributed by atoms with Gasteiger partial charge in [0.15, 0.2) is 0 Å². The number of anilines is 6. The van der Waals surface area contributed by atoms with E-state index in [0.717, 1.165) is 34.1 Å². The highest BCUT2D eigenvalue weighted by Crippen LogP contribution is 2.65. The molecule has 0 aromatic heterocycles. The zero-order valence-corrected chi connectivity index (χ0v) is 34.6. The summed E-state index contributed by atoms with van der Waals surface area (Å²) in [7, 11) is 0. The highest BCUT2D eigenvalue weighted by atomic mass is 15.2. The maximum atomic E-state index is 2.49. The molecule has 0 bridgehead atoms. The first-order chi connectivity index (χ1) is 31.3. The third kappa shape index (κ3) is 5.72. The Morgan fingerprint density at radius 2 is 0.651 bits per heavy atom. The summed E-state index contributed by atoms with van der Waals surface area (Å²) in [5.74, 6) is 0. The van der Waals surface area contributed by atoms with Crippen LogP contribution in [0.4, 0.5) is 34.1 Å². The molecule has 2 nitrogen and oxygen atoms in total. The lowest BCUT2D eigenvalue weighted by Crippen LogP contribution is -2.26. The van der Waals surface area contributed by atoms with Crippen molar-refractivity contribution in [2.24, 2.45) is 0 Å². The molecule has 2 aliphatic rings. The van der Waals surface area contributed by atoms with E-state index in [-0.39, 0.29) is 0 Å². The summed E-state index contributed by atoms with van der Waals surface area (Å²) in [6.45, 7) is 0. The molecule has 10 aromatic rings. The summed E-state index contributed by atoms with van der Waals surface area (Å²) in [5, 5.41) is 0. The minimum absolute atomic E-state index is 0.577. The van der Waals surface area contributed by atoms with Gasteiger partial charge in [0, 0.05) is 33.8 Å². The number of hydrogen-bond acceptors (Lipinski definition) is 2. The van der Waals surface area contributed by atoms with E-state index in [1.54, 1.807) is 0 Å². The number of benzene rings is 10. The van der Waals surface area contributed by atoms with Crippen molar-refractivity contribution in [3.05, 3.63) is 277 Å². The van der Waals surface area contributed by atoms with Gasteiger partial charge in [0.25, 0.3) is 0 Å². The molecule has 0 heterocycles. The van der Waals surface area contributed by atoms with Crippen molar-refractivity contribution < 1.29 is 0 Å². The number of nitrogens with zero attached hydrogens (tertiary/aromatic N) is 2. The van der Waals surface area contributed by atoms with Gasteiger partial charge in [0.05, 0.1) is 22.5 Å².